The van der Waals surface area contributed by atoms with Crippen molar-refractivity contribution in [1.82, 2.24) is 5.32 Å². The molecule has 2 amide bonds. The van der Waals surface area contributed by atoms with Crippen LogP contribution in [0.2, 0.25) is 0 Å². The molecule has 0 atom stereocenters. The number of ether oxygens (including phenoxy) is 2. The van der Waals surface area contributed by atoms with E-state index in [4.69, 9.17) is 9.47 Å². The lowest BCUT2D eigenvalue weighted by Crippen LogP contribution is -2.30. The predicted molar refractivity (Wildman–Crippen MR) is 158 cm³/mol. The molecule has 4 aromatic carbocycles. The number of para-hydroxylation sites is 1. The number of anilines is 1. The number of nitrogens with one attached hydrogen (secondary N) is 2. The maximum absolute atomic E-state index is 13.5. The number of amides is 2. The zero-order valence-corrected chi connectivity index (χ0v) is 22.9. The summed E-state index contributed by atoms with van der Waals surface area (Å²) in [5.41, 5.74) is 2.12. The highest BCUT2D eigenvalue weighted by atomic mass is 32.2. The van der Waals surface area contributed by atoms with Crippen LogP contribution in [0.5, 0.6) is 11.5 Å². The van der Waals surface area contributed by atoms with Crippen molar-refractivity contribution < 1.29 is 23.9 Å². The molecule has 0 spiro atoms. The topological polar surface area (TPSA) is 93.7 Å². The molecule has 202 valence electrons. The van der Waals surface area contributed by atoms with Crippen LogP contribution in [0.4, 0.5) is 5.69 Å². The van der Waals surface area contributed by atoms with Gasteiger partial charge in [-0.25, -0.2) is 0 Å². The first-order valence-corrected chi connectivity index (χ1v) is 13.4. The van der Waals surface area contributed by atoms with Crippen LogP contribution >= 0.6 is 11.8 Å². The predicted octanol–water partition coefficient (Wildman–Crippen LogP) is 6.09. The van der Waals surface area contributed by atoms with Crippen molar-refractivity contribution in [3.8, 4) is 11.5 Å². The number of carbonyl (C=O) groups excluding carboxylic acids is 3. The van der Waals surface area contributed by atoms with E-state index in [1.54, 1.807) is 78.9 Å². The number of thioether (sulfide) groups is 1. The van der Waals surface area contributed by atoms with Crippen molar-refractivity contribution in [3.05, 3.63) is 126 Å². The van der Waals surface area contributed by atoms with Crippen molar-refractivity contribution >= 4 is 41.1 Å². The fourth-order valence-corrected chi connectivity index (χ4v) is 4.69. The Hall–Kier alpha value is -4.82. The molecule has 0 saturated carbocycles. The van der Waals surface area contributed by atoms with Gasteiger partial charge >= 0.3 is 0 Å². The average Bonchev–Trinajstić information content (AvgIpc) is 3.00. The molecule has 4 rings (SSSR count). The van der Waals surface area contributed by atoms with Crippen LogP contribution in [0.3, 0.4) is 0 Å². The van der Waals surface area contributed by atoms with E-state index in [-0.39, 0.29) is 17.2 Å². The second-order valence-electron chi connectivity index (χ2n) is 8.52. The Labute approximate surface area is 237 Å². The number of ketones is 1. The Morgan fingerprint density at radius 2 is 1.45 bits per heavy atom. The molecular weight excluding hydrogens is 524 g/mol. The minimum atomic E-state index is -0.531. The molecule has 0 radical (unpaired) electrons. The van der Waals surface area contributed by atoms with Gasteiger partial charge in [0.2, 0.25) is 0 Å². The van der Waals surface area contributed by atoms with Gasteiger partial charge in [0, 0.05) is 27.3 Å². The lowest BCUT2D eigenvalue weighted by Gasteiger charge is -2.14. The Morgan fingerprint density at radius 3 is 2.12 bits per heavy atom. The highest BCUT2D eigenvalue weighted by Gasteiger charge is 2.17. The standard InChI is InChI=1S/C32H28N2O5S/c1-38-29-18-9-15-24(30(29)39-2)19-27(34-31(36)23-13-7-4-8-14-23)32(37)33-25-16-10-17-26(20-25)40-21-28(35)22-11-5-3-6-12-22/h3-20H,21H2,1-2H3,(H,33,37)(H,34,36)/b27-19-. The Bertz CT molecular complexity index is 1520. The molecular formula is C32H28N2O5S. The molecule has 0 saturated heterocycles. The monoisotopic (exact) mass is 552 g/mol. The molecule has 0 aliphatic rings. The van der Waals surface area contributed by atoms with Gasteiger partial charge < -0.3 is 20.1 Å². The van der Waals surface area contributed by atoms with Gasteiger partial charge in [-0.2, -0.15) is 0 Å². The second-order valence-corrected chi connectivity index (χ2v) is 9.57. The second kappa shape index (κ2) is 13.8. The lowest BCUT2D eigenvalue weighted by atomic mass is 10.1. The first kappa shape index (κ1) is 28.2. The minimum absolute atomic E-state index is 0.0118. The quantitative estimate of drug-likeness (QED) is 0.133. The molecule has 0 aromatic heterocycles. The van der Waals surface area contributed by atoms with E-state index in [0.717, 1.165) is 4.90 Å². The van der Waals surface area contributed by atoms with Crippen molar-refractivity contribution in [1.29, 1.82) is 0 Å². The van der Waals surface area contributed by atoms with E-state index in [0.29, 0.717) is 33.9 Å². The third kappa shape index (κ3) is 7.39. The number of carbonyl (C=O) groups is 3. The largest absolute Gasteiger partial charge is 0.493 e. The number of hydrogen-bond acceptors (Lipinski definition) is 6. The SMILES string of the molecule is COc1cccc(/C=C(\NC(=O)c2ccccc2)C(=O)Nc2cccc(SCC(=O)c3ccccc3)c2)c1OC. The van der Waals surface area contributed by atoms with Gasteiger partial charge in [-0.05, 0) is 42.5 Å². The van der Waals surface area contributed by atoms with Crippen LogP contribution < -0.4 is 20.1 Å². The highest BCUT2D eigenvalue weighted by molar-refractivity contribution is 8.00. The van der Waals surface area contributed by atoms with E-state index >= 15 is 0 Å². The van der Waals surface area contributed by atoms with Gasteiger partial charge in [-0.1, -0.05) is 66.7 Å². The summed E-state index contributed by atoms with van der Waals surface area (Å²) in [6.07, 6.45) is 1.54. The van der Waals surface area contributed by atoms with Crippen molar-refractivity contribution in [3.63, 3.8) is 0 Å². The first-order chi connectivity index (χ1) is 19.5. The molecule has 0 aliphatic carbocycles. The maximum Gasteiger partial charge on any atom is 0.272 e. The van der Waals surface area contributed by atoms with Crippen LogP contribution in [-0.2, 0) is 4.79 Å². The molecule has 40 heavy (non-hydrogen) atoms. The third-order valence-corrected chi connectivity index (χ3v) is 6.81. The van der Waals surface area contributed by atoms with Crippen LogP contribution in [0.1, 0.15) is 26.3 Å². The van der Waals surface area contributed by atoms with E-state index in [9.17, 15) is 14.4 Å². The summed E-state index contributed by atoms with van der Waals surface area (Å²) in [5.74, 6) is 0.214. The summed E-state index contributed by atoms with van der Waals surface area (Å²) < 4.78 is 10.9. The molecule has 0 unspecified atom stereocenters. The van der Waals surface area contributed by atoms with Gasteiger partial charge in [0.1, 0.15) is 5.70 Å². The summed E-state index contributed by atoms with van der Waals surface area (Å²) in [4.78, 5) is 39.8. The number of Topliss-reactive ketones (excluding diaryl/α,β-unsaturated/α-hetero) is 1. The Kier molecular flexibility index (Phi) is 9.74. The molecule has 0 fully saturated rings. The van der Waals surface area contributed by atoms with E-state index in [1.165, 1.54) is 32.1 Å². The number of methoxy groups -OCH3 is 2. The highest BCUT2D eigenvalue weighted by Crippen LogP contribution is 2.32. The summed E-state index contributed by atoms with van der Waals surface area (Å²) in [7, 11) is 3.03. The molecule has 4 aromatic rings. The number of rotatable bonds is 11. The van der Waals surface area contributed by atoms with Gasteiger partial charge in [-0.15, -0.1) is 11.8 Å². The fourth-order valence-electron chi connectivity index (χ4n) is 3.84. The van der Waals surface area contributed by atoms with E-state index < -0.39 is 11.8 Å². The van der Waals surface area contributed by atoms with Crippen LogP contribution in [-0.4, -0.2) is 37.6 Å². The zero-order chi connectivity index (χ0) is 28.3. The van der Waals surface area contributed by atoms with Crippen molar-refractivity contribution in [2.75, 3.05) is 25.3 Å². The lowest BCUT2D eigenvalue weighted by molar-refractivity contribution is -0.113. The number of benzene rings is 4. The van der Waals surface area contributed by atoms with Gasteiger partial charge in [0.25, 0.3) is 11.8 Å². The Balaban J connectivity index is 1.56. The average molecular weight is 553 g/mol. The molecule has 8 heteroatoms. The van der Waals surface area contributed by atoms with Gasteiger partial charge in [-0.3, -0.25) is 14.4 Å². The normalized spacial score (nSPS) is 10.9. The summed E-state index contributed by atoms with van der Waals surface area (Å²) >= 11 is 1.38. The van der Waals surface area contributed by atoms with Crippen molar-refractivity contribution in [2.45, 2.75) is 4.90 Å². The molecule has 0 bridgehead atoms. The molecule has 0 aliphatic heterocycles. The summed E-state index contributed by atoms with van der Waals surface area (Å²) in [6, 6.07) is 30.2. The molecule has 7 nitrogen and oxygen atoms in total. The van der Waals surface area contributed by atoms with Gasteiger partial charge in [0.15, 0.2) is 17.3 Å². The first-order valence-electron chi connectivity index (χ1n) is 12.4. The van der Waals surface area contributed by atoms with E-state index in [2.05, 4.69) is 10.6 Å². The van der Waals surface area contributed by atoms with E-state index in [1.807, 2.05) is 24.3 Å². The van der Waals surface area contributed by atoms with Crippen LogP contribution in [0, 0.1) is 0 Å². The van der Waals surface area contributed by atoms with Gasteiger partial charge in [0.05, 0.1) is 20.0 Å². The summed E-state index contributed by atoms with van der Waals surface area (Å²) in [6.45, 7) is 0. The van der Waals surface area contributed by atoms with Crippen LogP contribution in [0.25, 0.3) is 6.08 Å². The van der Waals surface area contributed by atoms with Crippen molar-refractivity contribution in [2.24, 2.45) is 0 Å². The smallest absolute Gasteiger partial charge is 0.272 e. The molecule has 0 heterocycles. The van der Waals surface area contributed by atoms with Crippen LogP contribution in [0.15, 0.2) is 114 Å². The Morgan fingerprint density at radius 1 is 0.775 bits per heavy atom. The fraction of sp³-hybridized carbons (Fsp3) is 0.0938. The molecule has 2 N–H and O–H groups in total. The minimum Gasteiger partial charge on any atom is -0.493 e. The summed E-state index contributed by atoms with van der Waals surface area (Å²) in [5, 5.41) is 5.58. The zero-order valence-electron chi connectivity index (χ0n) is 22.0. The third-order valence-electron chi connectivity index (χ3n) is 5.82. The maximum atomic E-state index is 13.5. The number of hydrogen-bond donors (Lipinski definition) is 2.